The first kappa shape index (κ1) is 47.8. The van der Waals surface area contributed by atoms with Crippen molar-refractivity contribution in [3.05, 3.63) is 71.8 Å². The normalized spacial score (nSPS) is 24.1. The molecule has 0 spiro atoms. The Bertz CT molecular complexity index is 1680. The summed E-state index contributed by atoms with van der Waals surface area (Å²) >= 11 is 0. The maximum absolute atomic E-state index is 13.6. The van der Waals surface area contributed by atoms with Crippen molar-refractivity contribution in [2.45, 2.75) is 144 Å². The van der Waals surface area contributed by atoms with E-state index in [2.05, 4.69) is 33.9 Å². The number of ether oxygens (including phenoxy) is 2. The first-order chi connectivity index (χ1) is 26.1. The van der Waals surface area contributed by atoms with Crippen molar-refractivity contribution in [1.29, 1.82) is 0 Å². The van der Waals surface area contributed by atoms with E-state index in [-0.39, 0.29) is 54.5 Å². The molecule has 2 aliphatic rings. The van der Waals surface area contributed by atoms with Crippen LogP contribution < -0.4 is 0 Å². The molecule has 2 aromatic rings. The van der Waals surface area contributed by atoms with Crippen LogP contribution in [-0.2, 0) is 33.1 Å². The largest absolute Gasteiger partial charge is 0.459 e. The summed E-state index contributed by atoms with van der Waals surface area (Å²) in [5, 5.41) is 9.63. The van der Waals surface area contributed by atoms with Gasteiger partial charge in [0.1, 0.15) is 11.2 Å². The highest BCUT2D eigenvalue weighted by Gasteiger charge is 2.58. The number of aliphatic hydroxyl groups is 1. The predicted octanol–water partition coefficient (Wildman–Crippen LogP) is 8.90. The van der Waals surface area contributed by atoms with Crippen LogP contribution in [0.2, 0.25) is 18.1 Å². The molecule has 0 bridgehead atoms. The number of carbonyl (C=O) groups is 4. The van der Waals surface area contributed by atoms with Crippen molar-refractivity contribution in [3.8, 4) is 0 Å². The Morgan fingerprint density at radius 2 is 1.05 bits per heavy atom. The Morgan fingerprint density at radius 1 is 0.702 bits per heavy atom. The highest BCUT2D eigenvalue weighted by molar-refractivity contribution is 6.74. The second-order valence-electron chi connectivity index (χ2n) is 19.7. The quantitative estimate of drug-likeness (QED) is 0.167. The zero-order valence-electron chi connectivity index (χ0n) is 37.5. The van der Waals surface area contributed by atoms with E-state index in [1.807, 2.05) is 128 Å². The summed E-state index contributed by atoms with van der Waals surface area (Å²) in [6.45, 7) is 30.6. The molecule has 2 saturated heterocycles. The average molecular weight is 809 g/mol. The monoisotopic (exact) mass is 809 g/mol. The van der Waals surface area contributed by atoms with Crippen LogP contribution in [0.15, 0.2) is 60.7 Å². The summed E-state index contributed by atoms with van der Waals surface area (Å²) in [5.74, 6) is -1.77. The molecule has 57 heavy (non-hydrogen) atoms. The zero-order valence-corrected chi connectivity index (χ0v) is 38.5. The number of amides is 2. The van der Waals surface area contributed by atoms with Crippen LogP contribution in [-0.4, -0.2) is 84.5 Å². The van der Waals surface area contributed by atoms with Gasteiger partial charge >= 0.3 is 11.9 Å². The minimum Gasteiger partial charge on any atom is -0.459 e. The second kappa shape index (κ2) is 18.2. The van der Waals surface area contributed by atoms with Gasteiger partial charge in [-0.05, 0) is 97.5 Å². The summed E-state index contributed by atoms with van der Waals surface area (Å²) in [5.41, 5.74) is -1.11. The van der Waals surface area contributed by atoms with Crippen LogP contribution in [0.1, 0.15) is 126 Å². The topological polar surface area (TPSA) is 123 Å². The lowest BCUT2D eigenvalue weighted by Gasteiger charge is -2.38. The van der Waals surface area contributed by atoms with E-state index >= 15 is 0 Å². The molecule has 2 aliphatic heterocycles. The van der Waals surface area contributed by atoms with Crippen LogP contribution in [0.25, 0.3) is 0 Å². The SMILES string of the molecule is CC1C(=O)N([C@H](C)c2ccccc2)C[C@@]1(CCO)C(=O)OC(C)(C)C.CC1C(=O)N([C@H](C)c2ccccc2)C[C@@]1(CCO[Si](C)(C)C(C)(C)C)C(=O)OC(C)(C)C. The Morgan fingerprint density at radius 3 is 1.37 bits per heavy atom. The highest BCUT2D eigenvalue weighted by atomic mass is 28.4. The second-order valence-corrected chi connectivity index (χ2v) is 24.5. The van der Waals surface area contributed by atoms with Crippen LogP contribution in [0.3, 0.4) is 0 Å². The molecule has 2 amide bonds. The van der Waals surface area contributed by atoms with Gasteiger partial charge in [0, 0.05) is 26.3 Å². The number of hydrogen-bond donors (Lipinski definition) is 1. The summed E-state index contributed by atoms with van der Waals surface area (Å²) < 4.78 is 17.9. The van der Waals surface area contributed by atoms with E-state index in [9.17, 15) is 24.3 Å². The standard InChI is InChI=1S/C26H43NO4Si.C20H29NO4/c1-19-22(28)27(20(2)21-14-12-11-13-15-21)18-26(19,23(29)31-24(3,4)5)16-17-30-32(9,10)25(6,7)8;1-14-17(23)21(15(2)16-9-7-6-8-10-16)13-20(14,11-12-22)18(24)25-19(3,4)5/h11-15,19-20H,16-18H2,1-10H3;6-10,14-15,22H,11-13H2,1-5H3/t19?,20-,26-;14?,15-,20-/m11/s1. The minimum absolute atomic E-state index is 0.000427. The number of aliphatic hydroxyl groups excluding tert-OH is 1. The molecule has 0 aliphatic carbocycles. The molecule has 10 nitrogen and oxygen atoms in total. The van der Waals surface area contributed by atoms with E-state index in [1.54, 1.807) is 11.8 Å². The van der Waals surface area contributed by atoms with E-state index in [0.717, 1.165) is 11.1 Å². The predicted molar refractivity (Wildman–Crippen MR) is 227 cm³/mol. The Kier molecular flexibility index (Phi) is 15.2. The van der Waals surface area contributed by atoms with Crippen molar-refractivity contribution in [2.75, 3.05) is 26.3 Å². The van der Waals surface area contributed by atoms with Crippen LogP contribution in [0.4, 0.5) is 0 Å². The van der Waals surface area contributed by atoms with Crippen molar-refractivity contribution >= 4 is 32.1 Å². The smallest absolute Gasteiger partial charge is 0.315 e. The first-order valence-electron chi connectivity index (χ1n) is 20.6. The zero-order chi connectivity index (χ0) is 43.4. The van der Waals surface area contributed by atoms with Gasteiger partial charge < -0.3 is 28.8 Å². The molecule has 2 unspecified atom stereocenters. The number of carbonyl (C=O) groups excluding carboxylic acids is 4. The lowest BCUT2D eigenvalue weighted by molar-refractivity contribution is -0.171. The van der Waals surface area contributed by atoms with E-state index in [0.29, 0.717) is 19.6 Å². The van der Waals surface area contributed by atoms with Gasteiger partial charge in [-0.15, -0.1) is 0 Å². The Balaban J connectivity index is 0.000000315. The van der Waals surface area contributed by atoms with Gasteiger partial charge in [-0.25, -0.2) is 0 Å². The molecular weight excluding hydrogens is 737 g/mol. The number of hydrogen-bond acceptors (Lipinski definition) is 8. The van der Waals surface area contributed by atoms with Gasteiger partial charge in [0.15, 0.2) is 8.32 Å². The molecule has 0 radical (unpaired) electrons. The van der Waals surface area contributed by atoms with Crippen molar-refractivity contribution in [2.24, 2.45) is 22.7 Å². The minimum atomic E-state index is -1.97. The third-order valence-electron chi connectivity index (χ3n) is 12.4. The molecular formula is C46H72N2O8Si. The van der Waals surface area contributed by atoms with E-state index in [4.69, 9.17) is 13.9 Å². The number of esters is 2. The maximum Gasteiger partial charge on any atom is 0.315 e. The number of benzene rings is 2. The fourth-order valence-electron chi connectivity index (χ4n) is 7.43. The third kappa shape index (κ3) is 11.1. The average Bonchev–Trinajstić information content (AvgIpc) is 3.52. The fourth-order valence-corrected chi connectivity index (χ4v) is 8.47. The maximum atomic E-state index is 13.6. The Labute approximate surface area is 344 Å². The summed E-state index contributed by atoms with van der Waals surface area (Å²) in [6.07, 6.45) is 0.687. The van der Waals surface area contributed by atoms with Crippen LogP contribution in [0.5, 0.6) is 0 Å². The molecule has 2 fully saturated rings. The lowest BCUT2D eigenvalue weighted by Crippen LogP contribution is -2.46. The molecule has 0 saturated carbocycles. The number of rotatable bonds is 12. The summed E-state index contributed by atoms with van der Waals surface area (Å²) in [7, 11) is -1.97. The van der Waals surface area contributed by atoms with Crippen molar-refractivity contribution in [1.82, 2.24) is 9.80 Å². The molecule has 1 N–H and O–H groups in total. The number of nitrogens with zero attached hydrogens (tertiary/aromatic N) is 2. The van der Waals surface area contributed by atoms with Gasteiger partial charge in [0.2, 0.25) is 11.8 Å². The van der Waals surface area contributed by atoms with Crippen LogP contribution in [0, 0.1) is 22.7 Å². The fraction of sp³-hybridized carbons (Fsp3) is 0.652. The van der Waals surface area contributed by atoms with E-state index < -0.39 is 48.2 Å². The lowest BCUT2D eigenvalue weighted by atomic mass is 9.76. The molecule has 6 atom stereocenters. The van der Waals surface area contributed by atoms with Crippen LogP contribution >= 0.6 is 0 Å². The number of likely N-dealkylation sites (tertiary alicyclic amines) is 2. The summed E-state index contributed by atoms with van der Waals surface area (Å²) in [4.78, 5) is 56.4. The van der Waals surface area contributed by atoms with Crippen molar-refractivity contribution in [3.63, 3.8) is 0 Å². The van der Waals surface area contributed by atoms with Gasteiger partial charge in [0.05, 0.1) is 34.7 Å². The molecule has 4 rings (SSSR count). The third-order valence-corrected chi connectivity index (χ3v) is 16.9. The van der Waals surface area contributed by atoms with Gasteiger partial charge in [-0.1, -0.05) is 95.3 Å². The van der Waals surface area contributed by atoms with Gasteiger partial charge in [0.25, 0.3) is 0 Å². The van der Waals surface area contributed by atoms with Gasteiger partial charge in [-0.3, -0.25) is 19.2 Å². The Hall–Kier alpha value is -3.54. The van der Waals surface area contributed by atoms with E-state index in [1.165, 1.54) is 0 Å². The molecule has 2 aromatic carbocycles. The molecule has 2 heterocycles. The van der Waals surface area contributed by atoms with Gasteiger partial charge in [-0.2, -0.15) is 0 Å². The first-order valence-corrected chi connectivity index (χ1v) is 23.5. The molecule has 0 aromatic heterocycles. The molecule has 11 heteroatoms. The highest BCUT2D eigenvalue weighted by Crippen LogP contribution is 2.47. The summed E-state index contributed by atoms with van der Waals surface area (Å²) in [6, 6.07) is 19.5. The van der Waals surface area contributed by atoms with Crippen molar-refractivity contribution < 1.29 is 38.2 Å². The molecule has 318 valence electrons.